The van der Waals surface area contributed by atoms with Crippen molar-refractivity contribution in [3.05, 3.63) is 16.4 Å². The van der Waals surface area contributed by atoms with Gasteiger partial charge in [0.2, 0.25) is 0 Å². The van der Waals surface area contributed by atoms with Gasteiger partial charge in [-0.3, -0.25) is 4.68 Å². The Balaban J connectivity index is 3.06. The van der Waals surface area contributed by atoms with Crippen LogP contribution in [0.4, 0.5) is 0 Å². The molecule has 82 valence electrons. The fraction of sp³-hybridized carbons (Fsp3) is 0.636. The molecule has 4 heteroatoms. The molecular weight excluding hydrogens is 210 g/mol. The summed E-state index contributed by atoms with van der Waals surface area (Å²) in [6.45, 7) is 5.83. The molecule has 3 nitrogen and oxygen atoms in total. The van der Waals surface area contributed by atoms with Gasteiger partial charge in [-0.25, -0.2) is 0 Å². The molecule has 0 unspecified atom stereocenters. The van der Waals surface area contributed by atoms with Gasteiger partial charge in [0.05, 0.1) is 27.9 Å². The van der Waals surface area contributed by atoms with Crippen molar-refractivity contribution in [3.63, 3.8) is 0 Å². The van der Waals surface area contributed by atoms with Crippen LogP contribution in [0.2, 0.25) is 5.02 Å². The highest BCUT2D eigenvalue weighted by atomic mass is 35.5. The summed E-state index contributed by atoms with van der Waals surface area (Å²) in [5, 5.41) is 14.0. The summed E-state index contributed by atoms with van der Waals surface area (Å²) in [6.07, 6.45) is 1.45. The standard InChI is InChI=1S/C11H16ClN3/c1-5-8-10(12)9(15(4)14-8)6-11(2,3)7-13/h5-6H2,1-4H3. The first-order valence-electron chi connectivity index (χ1n) is 5.02. The summed E-state index contributed by atoms with van der Waals surface area (Å²) in [5.41, 5.74) is 1.45. The molecule has 0 amide bonds. The van der Waals surface area contributed by atoms with Crippen LogP contribution in [0, 0.1) is 16.7 Å². The lowest BCUT2D eigenvalue weighted by Gasteiger charge is -2.15. The first-order chi connectivity index (χ1) is 6.91. The molecule has 15 heavy (non-hydrogen) atoms. The Morgan fingerprint density at radius 3 is 2.53 bits per heavy atom. The molecule has 1 aromatic heterocycles. The number of hydrogen-bond donors (Lipinski definition) is 0. The molecule has 0 fully saturated rings. The van der Waals surface area contributed by atoms with Gasteiger partial charge in [-0.1, -0.05) is 18.5 Å². The van der Waals surface area contributed by atoms with E-state index in [1.807, 2.05) is 27.8 Å². The summed E-state index contributed by atoms with van der Waals surface area (Å²) < 4.78 is 1.78. The van der Waals surface area contributed by atoms with Gasteiger partial charge in [0, 0.05) is 13.5 Å². The quantitative estimate of drug-likeness (QED) is 0.794. The van der Waals surface area contributed by atoms with E-state index in [0.29, 0.717) is 11.4 Å². The number of nitriles is 1. The van der Waals surface area contributed by atoms with Gasteiger partial charge in [0.1, 0.15) is 0 Å². The van der Waals surface area contributed by atoms with Crippen LogP contribution in [-0.2, 0) is 19.9 Å². The smallest absolute Gasteiger partial charge is 0.0850 e. The molecule has 0 spiro atoms. The van der Waals surface area contributed by atoms with Crippen LogP contribution in [0.15, 0.2) is 0 Å². The molecule has 1 heterocycles. The summed E-state index contributed by atoms with van der Waals surface area (Å²) in [7, 11) is 1.87. The van der Waals surface area contributed by atoms with Gasteiger partial charge in [-0.15, -0.1) is 0 Å². The Labute approximate surface area is 95.7 Å². The average molecular weight is 226 g/mol. The van der Waals surface area contributed by atoms with E-state index in [4.69, 9.17) is 16.9 Å². The first kappa shape index (κ1) is 12.1. The van der Waals surface area contributed by atoms with Crippen molar-refractivity contribution in [2.45, 2.75) is 33.6 Å². The minimum atomic E-state index is -0.400. The molecule has 0 saturated heterocycles. The molecule has 1 aromatic rings. The topological polar surface area (TPSA) is 41.6 Å². The zero-order valence-corrected chi connectivity index (χ0v) is 10.4. The van der Waals surface area contributed by atoms with E-state index in [9.17, 15) is 0 Å². The Hall–Kier alpha value is -1.01. The lowest BCUT2D eigenvalue weighted by Crippen LogP contribution is -2.14. The van der Waals surface area contributed by atoms with Gasteiger partial charge in [-0.2, -0.15) is 10.4 Å². The van der Waals surface area contributed by atoms with Crippen LogP contribution in [-0.4, -0.2) is 9.78 Å². The van der Waals surface area contributed by atoms with Crippen molar-refractivity contribution >= 4 is 11.6 Å². The zero-order valence-electron chi connectivity index (χ0n) is 9.63. The number of aryl methyl sites for hydroxylation is 2. The molecule has 0 atom stereocenters. The van der Waals surface area contributed by atoms with E-state index in [-0.39, 0.29) is 0 Å². The summed E-state index contributed by atoms with van der Waals surface area (Å²) >= 11 is 6.20. The molecular formula is C11H16ClN3. The van der Waals surface area contributed by atoms with E-state index >= 15 is 0 Å². The van der Waals surface area contributed by atoms with Crippen LogP contribution in [0.3, 0.4) is 0 Å². The van der Waals surface area contributed by atoms with Crippen molar-refractivity contribution in [2.75, 3.05) is 0 Å². The minimum absolute atomic E-state index is 0.400. The highest BCUT2D eigenvalue weighted by molar-refractivity contribution is 6.31. The second kappa shape index (κ2) is 4.24. The van der Waals surface area contributed by atoms with Gasteiger partial charge in [0.25, 0.3) is 0 Å². The fourth-order valence-electron chi connectivity index (χ4n) is 1.47. The largest absolute Gasteiger partial charge is 0.271 e. The second-order valence-electron chi connectivity index (χ2n) is 4.36. The molecule has 0 N–H and O–H groups in total. The van der Waals surface area contributed by atoms with Crippen LogP contribution < -0.4 is 0 Å². The van der Waals surface area contributed by atoms with Crippen molar-refractivity contribution in [1.82, 2.24) is 9.78 Å². The van der Waals surface area contributed by atoms with Crippen LogP contribution in [0.5, 0.6) is 0 Å². The van der Waals surface area contributed by atoms with Gasteiger partial charge in [0.15, 0.2) is 0 Å². The average Bonchev–Trinajstić information content (AvgIpc) is 2.45. The van der Waals surface area contributed by atoms with Crippen molar-refractivity contribution in [2.24, 2.45) is 12.5 Å². The number of halogens is 1. The lowest BCUT2D eigenvalue weighted by atomic mass is 9.89. The Kier molecular flexibility index (Phi) is 3.41. The van der Waals surface area contributed by atoms with Crippen LogP contribution in [0.1, 0.15) is 32.2 Å². The zero-order chi connectivity index (χ0) is 11.6. The monoisotopic (exact) mass is 225 g/mol. The summed E-state index contributed by atoms with van der Waals surface area (Å²) in [4.78, 5) is 0. The highest BCUT2D eigenvalue weighted by Gasteiger charge is 2.23. The Morgan fingerprint density at radius 1 is 1.53 bits per heavy atom. The number of rotatable bonds is 3. The molecule has 0 aliphatic rings. The Bertz CT molecular complexity index is 399. The maximum Gasteiger partial charge on any atom is 0.0850 e. The van der Waals surface area contributed by atoms with Crippen LogP contribution in [0.25, 0.3) is 0 Å². The Morgan fingerprint density at radius 2 is 2.13 bits per heavy atom. The van der Waals surface area contributed by atoms with Crippen molar-refractivity contribution in [1.29, 1.82) is 5.26 Å². The van der Waals surface area contributed by atoms with Crippen molar-refractivity contribution in [3.8, 4) is 6.07 Å². The molecule has 0 saturated carbocycles. The van der Waals surface area contributed by atoms with Gasteiger partial charge < -0.3 is 0 Å². The van der Waals surface area contributed by atoms with E-state index in [1.165, 1.54) is 0 Å². The number of aromatic nitrogens is 2. The highest BCUT2D eigenvalue weighted by Crippen LogP contribution is 2.27. The molecule has 0 aromatic carbocycles. The SMILES string of the molecule is CCc1nn(C)c(CC(C)(C)C#N)c1Cl. The maximum atomic E-state index is 8.98. The predicted molar refractivity (Wildman–Crippen MR) is 60.7 cm³/mol. The van der Waals surface area contributed by atoms with E-state index in [0.717, 1.165) is 17.8 Å². The van der Waals surface area contributed by atoms with Gasteiger partial charge in [-0.05, 0) is 20.3 Å². The third kappa shape index (κ3) is 2.51. The third-order valence-corrected chi connectivity index (χ3v) is 2.85. The van der Waals surface area contributed by atoms with E-state index in [1.54, 1.807) is 4.68 Å². The summed E-state index contributed by atoms with van der Waals surface area (Å²) in [5.74, 6) is 0. The van der Waals surface area contributed by atoms with Crippen molar-refractivity contribution < 1.29 is 0 Å². The second-order valence-corrected chi connectivity index (χ2v) is 4.73. The van der Waals surface area contributed by atoms with E-state index in [2.05, 4.69) is 11.2 Å². The fourth-order valence-corrected chi connectivity index (χ4v) is 1.83. The lowest BCUT2D eigenvalue weighted by molar-refractivity contribution is 0.472. The number of nitrogens with zero attached hydrogens (tertiary/aromatic N) is 3. The van der Waals surface area contributed by atoms with Gasteiger partial charge >= 0.3 is 0 Å². The minimum Gasteiger partial charge on any atom is -0.271 e. The first-order valence-corrected chi connectivity index (χ1v) is 5.40. The molecule has 0 aliphatic heterocycles. The third-order valence-electron chi connectivity index (χ3n) is 2.42. The summed E-state index contributed by atoms with van der Waals surface area (Å²) in [6, 6.07) is 2.27. The molecule has 0 aliphatic carbocycles. The molecule has 1 rings (SSSR count). The maximum absolute atomic E-state index is 8.98. The normalized spacial score (nSPS) is 11.5. The predicted octanol–water partition coefficient (Wildman–Crippen LogP) is 2.73. The molecule has 0 bridgehead atoms. The van der Waals surface area contributed by atoms with Crippen LogP contribution >= 0.6 is 11.6 Å². The molecule has 0 radical (unpaired) electrons. The van der Waals surface area contributed by atoms with E-state index < -0.39 is 5.41 Å². The number of hydrogen-bond acceptors (Lipinski definition) is 2.